The zero-order chi connectivity index (χ0) is 11.0. The summed E-state index contributed by atoms with van der Waals surface area (Å²) in [4.78, 5) is 7.17. The average molecular weight is 231 g/mol. The van der Waals surface area contributed by atoms with Crippen LogP contribution in [-0.4, -0.2) is 9.97 Å². The molecule has 16 heavy (non-hydrogen) atoms. The highest BCUT2D eigenvalue weighted by Crippen LogP contribution is 2.34. The Morgan fingerprint density at radius 2 is 2.25 bits per heavy atom. The maximum atomic E-state index is 6.02. The number of aryl methyl sites for hydroxylation is 1. The lowest BCUT2D eigenvalue weighted by Gasteiger charge is -2.00. The van der Waals surface area contributed by atoms with Crippen LogP contribution in [0.15, 0.2) is 30.7 Å². The molecule has 1 heterocycles. The minimum absolute atomic E-state index is 0.800. The zero-order valence-corrected chi connectivity index (χ0v) is 9.46. The van der Waals surface area contributed by atoms with E-state index in [9.17, 15) is 0 Å². The maximum absolute atomic E-state index is 6.02. The molecule has 0 fully saturated rings. The highest BCUT2D eigenvalue weighted by Gasteiger charge is 2.16. The van der Waals surface area contributed by atoms with Gasteiger partial charge in [-0.1, -0.05) is 17.7 Å². The number of aromatic amines is 1. The molecule has 0 unspecified atom stereocenters. The van der Waals surface area contributed by atoms with E-state index in [-0.39, 0.29) is 0 Å². The molecule has 1 aliphatic rings. The van der Waals surface area contributed by atoms with Gasteiger partial charge in [-0.2, -0.15) is 0 Å². The fraction of sp³-hybridized carbons (Fsp3) is 0.154. The van der Waals surface area contributed by atoms with Crippen LogP contribution in [-0.2, 0) is 6.42 Å². The summed E-state index contributed by atoms with van der Waals surface area (Å²) in [5, 5.41) is 0.800. The summed E-state index contributed by atoms with van der Waals surface area (Å²) < 4.78 is 0. The van der Waals surface area contributed by atoms with E-state index in [1.165, 1.54) is 16.7 Å². The molecule has 1 aromatic carbocycles. The molecule has 0 saturated carbocycles. The first-order valence-corrected chi connectivity index (χ1v) is 5.69. The molecule has 0 amide bonds. The van der Waals surface area contributed by atoms with Crippen molar-refractivity contribution in [3.8, 4) is 0 Å². The summed E-state index contributed by atoms with van der Waals surface area (Å²) >= 11 is 6.02. The largest absolute Gasteiger partial charge is 0.351 e. The lowest BCUT2D eigenvalue weighted by molar-refractivity contribution is 1.08. The van der Waals surface area contributed by atoms with Gasteiger partial charge in [0.2, 0.25) is 0 Å². The van der Waals surface area contributed by atoms with Crippen LogP contribution in [0.1, 0.15) is 23.2 Å². The van der Waals surface area contributed by atoms with Gasteiger partial charge in [-0.15, -0.1) is 0 Å². The topological polar surface area (TPSA) is 28.7 Å². The van der Waals surface area contributed by atoms with Crippen molar-refractivity contribution in [3.63, 3.8) is 0 Å². The van der Waals surface area contributed by atoms with Crippen LogP contribution >= 0.6 is 11.6 Å². The van der Waals surface area contributed by atoms with E-state index in [1.807, 2.05) is 18.3 Å². The SMILES string of the molecule is Clc1ccc2c(c1)/C(=C/c1c[nH]cn1)CC2. The minimum atomic E-state index is 0.800. The first-order chi connectivity index (χ1) is 7.83. The molecule has 0 radical (unpaired) electrons. The van der Waals surface area contributed by atoms with Gasteiger partial charge in [0.05, 0.1) is 12.0 Å². The number of hydrogen-bond donors (Lipinski definition) is 1. The van der Waals surface area contributed by atoms with Crippen molar-refractivity contribution >= 4 is 23.3 Å². The Morgan fingerprint density at radius 1 is 1.31 bits per heavy atom. The molecule has 1 aliphatic carbocycles. The molecule has 3 heteroatoms. The van der Waals surface area contributed by atoms with Gasteiger partial charge in [0.1, 0.15) is 0 Å². The van der Waals surface area contributed by atoms with Crippen LogP contribution < -0.4 is 0 Å². The summed E-state index contributed by atoms with van der Waals surface area (Å²) in [6, 6.07) is 6.11. The van der Waals surface area contributed by atoms with Crippen LogP contribution in [0.4, 0.5) is 0 Å². The van der Waals surface area contributed by atoms with E-state index in [1.54, 1.807) is 6.33 Å². The Labute approximate surface area is 99.0 Å². The molecule has 1 N–H and O–H groups in total. The number of halogens is 1. The number of benzene rings is 1. The van der Waals surface area contributed by atoms with Crippen LogP contribution in [0.2, 0.25) is 5.02 Å². The highest BCUT2D eigenvalue weighted by molar-refractivity contribution is 6.30. The van der Waals surface area contributed by atoms with Crippen molar-refractivity contribution in [1.82, 2.24) is 9.97 Å². The molecule has 0 spiro atoms. The number of fused-ring (bicyclic) bond motifs is 1. The van der Waals surface area contributed by atoms with E-state index in [0.29, 0.717) is 0 Å². The zero-order valence-electron chi connectivity index (χ0n) is 8.70. The smallest absolute Gasteiger partial charge is 0.0927 e. The van der Waals surface area contributed by atoms with E-state index in [0.717, 1.165) is 23.6 Å². The van der Waals surface area contributed by atoms with Gasteiger partial charge in [-0.05, 0) is 47.8 Å². The fourth-order valence-corrected chi connectivity index (χ4v) is 2.32. The number of H-pyrrole nitrogens is 1. The minimum Gasteiger partial charge on any atom is -0.351 e. The van der Waals surface area contributed by atoms with Crippen molar-refractivity contribution in [1.29, 1.82) is 0 Å². The molecule has 0 atom stereocenters. The van der Waals surface area contributed by atoms with Crippen molar-refractivity contribution in [2.75, 3.05) is 0 Å². The summed E-state index contributed by atoms with van der Waals surface area (Å²) in [5.41, 5.74) is 4.95. The molecular weight excluding hydrogens is 220 g/mol. The molecule has 0 saturated heterocycles. The second-order valence-corrected chi connectivity index (χ2v) is 4.40. The van der Waals surface area contributed by atoms with Crippen molar-refractivity contribution < 1.29 is 0 Å². The second kappa shape index (κ2) is 3.80. The van der Waals surface area contributed by atoms with Gasteiger partial charge in [-0.3, -0.25) is 0 Å². The number of allylic oxidation sites excluding steroid dienone is 1. The van der Waals surface area contributed by atoms with E-state index >= 15 is 0 Å². The standard InChI is InChI=1S/C13H11ClN2/c14-11-4-3-9-1-2-10(13(9)6-11)5-12-7-15-8-16-12/h3-8H,1-2H2,(H,15,16)/b10-5+. The van der Waals surface area contributed by atoms with Gasteiger partial charge in [0.15, 0.2) is 0 Å². The molecule has 2 aromatic rings. The van der Waals surface area contributed by atoms with Crippen molar-refractivity contribution in [2.24, 2.45) is 0 Å². The average Bonchev–Trinajstić information content (AvgIpc) is 2.90. The number of hydrogen-bond acceptors (Lipinski definition) is 1. The number of aromatic nitrogens is 2. The lowest BCUT2D eigenvalue weighted by Crippen LogP contribution is -1.80. The van der Waals surface area contributed by atoms with E-state index in [4.69, 9.17) is 11.6 Å². The third-order valence-electron chi connectivity index (χ3n) is 2.92. The monoisotopic (exact) mass is 230 g/mol. The predicted octanol–water partition coefficient (Wildman–Crippen LogP) is 3.55. The first kappa shape index (κ1) is 9.67. The molecule has 0 bridgehead atoms. The second-order valence-electron chi connectivity index (χ2n) is 3.97. The van der Waals surface area contributed by atoms with Crippen LogP contribution in [0.5, 0.6) is 0 Å². The maximum Gasteiger partial charge on any atom is 0.0927 e. The summed E-state index contributed by atoms with van der Waals surface area (Å²) in [5.74, 6) is 0. The van der Waals surface area contributed by atoms with Crippen LogP contribution in [0.3, 0.4) is 0 Å². The lowest BCUT2D eigenvalue weighted by atomic mass is 10.1. The Balaban J connectivity index is 2.05. The number of imidazole rings is 1. The Hall–Kier alpha value is -1.54. The fourth-order valence-electron chi connectivity index (χ4n) is 2.15. The summed E-state index contributed by atoms with van der Waals surface area (Å²) in [6.07, 6.45) is 7.89. The summed E-state index contributed by atoms with van der Waals surface area (Å²) in [6.45, 7) is 0. The third kappa shape index (κ3) is 1.65. The molecule has 0 aliphatic heterocycles. The summed E-state index contributed by atoms with van der Waals surface area (Å²) in [7, 11) is 0. The Bertz CT molecular complexity index is 541. The number of nitrogens with one attached hydrogen (secondary N) is 1. The van der Waals surface area contributed by atoms with Crippen LogP contribution in [0.25, 0.3) is 11.6 Å². The number of rotatable bonds is 1. The predicted molar refractivity (Wildman–Crippen MR) is 66.2 cm³/mol. The van der Waals surface area contributed by atoms with E-state index in [2.05, 4.69) is 22.1 Å². The van der Waals surface area contributed by atoms with Crippen LogP contribution in [0, 0.1) is 0 Å². The van der Waals surface area contributed by atoms with Gasteiger partial charge >= 0.3 is 0 Å². The Morgan fingerprint density at radius 3 is 3.06 bits per heavy atom. The van der Waals surface area contributed by atoms with Gasteiger partial charge in [0, 0.05) is 11.2 Å². The highest BCUT2D eigenvalue weighted by atomic mass is 35.5. The molecule has 3 rings (SSSR count). The quantitative estimate of drug-likeness (QED) is 0.798. The molecule has 1 aromatic heterocycles. The van der Waals surface area contributed by atoms with E-state index < -0.39 is 0 Å². The van der Waals surface area contributed by atoms with Gasteiger partial charge in [-0.25, -0.2) is 4.98 Å². The Kier molecular flexibility index (Phi) is 2.29. The first-order valence-electron chi connectivity index (χ1n) is 5.31. The van der Waals surface area contributed by atoms with Gasteiger partial charge in [0.25, 0.3) is 0 Å². The molecule has 80 valence electrons. The van der Waals surface area contributed by atoms with Crippen molar-refractivity contribution in [2.45, 2.75) is 12.8 Å². The van der Waals surface area contributed by atoms with Crippen molar-refractivity contribution in [3.05, 3.63) is 52.6 Å². The molecule has 2 nitrogen and oxygen atoms in total. The number of nitrogens with zero attached hydrogens (tertiary/aromatic N) is 1. The normalized spacial score (nSPS) is 16.7. The third-order valence-corrected chi connectivity index (χ3v) is 3.16. The van der Waals surface area contributed by atoms with Gasteiger partial charge < -0.3 is 4.98 Å². The molecular formula is C13H11ClN2.